The first-order valence-corrected chi connectivity index (χ1v) is 9.29. The van der Waals surface area contributed by atoms with Crippen molar-refractivity contribution < 1.29 is 4.79 Å². The van der Waals surface area contributed by atoms with Crippen LogP contribution in [0.25, 0.3) is 0 Å². The van der Waals surface area contributed by atoms with Crippen molar-refractivity contribution >= 4 is 17.5 Å². The lowest BCUT2D eigenvalue weighted by Gasteiger charge is -2.34. The van der Waals surface area contributed by atoms with Crippen molar-refractivity contribution in [2.75, 3.05) is 19.6 Å². The van der Waals surface area contributed by atoms with Gasteiger partial charge in [0.1, 0.15) is 0 Å². The maximum absolute atomic E-state index is 12.2. The van der Waals surface area contributed by atoms with E-state index < -0.39 is 0 Å². The number of hydrogen-bond acceptors (Lipinski definition) is 2. The molecule has 0 spiro atoms. The lowest BCUT2D eigenvalue weighted by atomic mass is 9.85. The molecular weight excluding hydrogens is 308 g/mol. The first kappa shape index (κ1) is 16.8. The van der Waals surface area contributed by atoms with Crippen LogP contribution in [0.1, 0.15) is 54.4 Å². The number of amides is 1. The Bertz CT molecular complexity index is 546. The van der Waals surface area contributed by atoms with Crippen LogP contribution in [-0.4, -0.2) is 36.5 Å². The van der Waals surface area contributed by atoms with E-state index in [1.54, 1.807) is 6.07 Å². The van der Waals surface area contributed by atoms with Crippen molar-refractivity contribution in [2.24, 2.45) is 5.92 Å². The zero-order valence-electron chi connectivity index (χ0n) is 14.0. The summed E-state index contributed by atoms with van der Waals surface area (Å²) in [5, 5.41) is 3.74. The number of aryl methyl sites for hydroxylation is 1. The van der Waals surface area contributed by atoms with Gasteiger partial charge in [0.2, 0.25) is 0 Å². The van der Waals surface area contributed by atoms with E-state index in [0.29, 0.717) is 16.5 Å². The van der Waals surface area contributed by atoms with E-state index in [1.807, 2.05) is 19.1 Å². The Kier molecular flexibility index (Phi) is 5.60. The fraction of sp³-hybridized carbons (Fsp3) is 0.632. The third-order valence-electron chi connectivity index (χ3n) is 5.46. The second kappa shape index (κ2) is 7.67. The van der Waals surface area contributed by atoms with Crippen molar-refractivity contribution in [3.05, 3.63) is 34.3 Å². The standard InChI is InChI=1S/C19H27ClN2O/c1-14-4-7-16(12-18(14)20)19(23)21-13-15-5-8-17(9-6-15)22-10-2-3-11-22/h4,7,12,15,17H,2-3,5-6,8-11,13H2,1H3,(H,21,23). The van der Waals surface area contributed by atoms with Crippen molar-refractivity contribution in [3.63, 3.8) is 0 Å². The van der Waals surface area contributed by atoms with Gasteiger partial charge >= 0.3 is 0 Å². The lowest BCUT2D eigenvalue weighted by molar-refractivity contribution is 0.0936. The molecule has 23 heavy (non-hydrogen) atoms. The van der Waals surface area contributed by atoms with Gasteiger partial charge in [-0.3, -0.25) is 4.79 Å². The fourth-order valence-electron chi connectivity index (χ4n) is 3.89. The van der Waals surface area contributed by atoms with Gasteiger partial charge in [-0.2, -0.15) is 0 Å². The van der Waals surface area contributed by atoms with Crippen LogP contribution in [0.3, 0.4) is 0 Å². The molecule has 1 heterocycles. The third-order valence-corrected chi connectivity index (χ3v) is 5.87. The number of carbonyl (C=O) groups is 1. The van der Waals surface area contributed by atoms with Crippen LogP contribution in [0.2, 0.25) is 5.02 Å². The quantitative estimate of drug-likeness (QED) is 0.901. The van der Waals surface area contributed by atoms with Gasteiger partial charge < -0.3 is 10.2 Å². The number of carbonyl (C=O) groups excluding carboxylic acids is 1. The van der Waals surface area contributed by atoms with E-state index >= 15 is 0 Å². The highest BCUT2D eigenvalue weighted by Gasteiger charge is 2.27. The molecule has 0 radical (unpaired) electrons. The van der Waals surface area contributed by atoms with Crippen LogP contribution < -0.4 is 5.32 Å². The number of nitrogens with zero attached hydrogens (tertiary/aromatic N) is 1. The molecule has 2 aliphatic rings. The van der Waals surface area contributed by atoms with Crippen LogP contribution in [0.15, 0.2) is 18.2 Å². The molecular formula is C19H27ClN2O. The molecule has 2 fully saturated rings. The summed E-state index contributed by atoms with van der Waals surface area (Å²) in [6, 6.07) is 6.30. The predicted molar refractivity (Wildman–Crippen MR) is 95.1 cm³/mol. The Morgan fingerprint density at radius 2 is 1.91 bits per heavy atom. The molecule has 1 aliphatic carbocycles. The monoisotopic (exact) mass is 334 g/mol. The number of likely N-dealkylation sites (tertiary alicyclic amines) is 1. The minimum Gasteiger partial charge on any atom is -0.352 e. The number of rotatable bonds is 4. The highest BCUT2D eigenvalue weighted by Crippen LogP contribution is 2.29. The molecule has 1 saturated heterocycles. The molecule has 1 aliphatic heterocycles. The lowest BCUT2D eigenvalue weighted by Crippen LogP contribution is -2.38. The van der Waals surface area contributed by atoms with Crippen molar-refractivity contribution in [1.82, 2.24) is 10.2 Å². The minimum absolute atomic E-state index is 0.00596. The molecule has 0 unspecified atom stereocenters. The molecule has 0 bridgehead atoms. The Morgan fingerprint density at radius 3 is 2.57 bits per heavy atom. The highest BCUT2D eigenvalue weighted by molar-refractivity contribution is 6.31. The van der Waals surface area contributed by atoms with Crippen LogP contribution in [-0.2, 0) is 0 Å². The normalized spacial score (nSPS) is 25.5. The molecule has 1 aromatic rings. The first-order chi connectivity index (χ1) is 11.1. The van der Waals surface area contributed by atoms with E-state index in [-0.39, 0.29) is 5.91 Å². The smallest absolute Gasteiger partial charge is 0.251 e. The summed E-state index contributed by atoms with van der Waals surface area (Å²) < 4.78 is 0. The Hall–Kier alpha value is -1.06. The summed E-state index contributed by atoms with van der Waals surface area (Å²) in [6.45, 7) is 5.32. The van der Waals surface area contributed by atoms with E-state index in [0.717, 1.165) is 18.2 Å². The van der Waals surface area contributed by atoms with Crippen molar-refractivity contribution in [1.29, 1.82) is 0 Å². The van der Waals surface area contributed by atoms with Crippen LogP contribution >= 0.6 is 11.6 Å². The predicted octanol–water partition coefficient (Wildman–Crippen LogP) is 4.03. The SMILES string of the molecule is Cc1ccc(C(=O)NCC2CCC(N3CCCC3)CC2)cc1Cl. The molecule has 3 nitrogen and oxygen atoms in total. The van der Waals surface area contributed by atoms with E-state index in [9.17, 15) is 4.79 Å². The topological polar surface area (TPSA) is 32.3 Å². The summed E-state index contributed by atoms with van der Waals surface area (Å²) in [5.41, 5.74) is 1.66. The molecule has 1 saturated carbocycles. The zero-order valence-corrected chi connectivity index (χ0v) is 14.7. The van der Waals surface area contributed by atoms with Gasteiger partial charge in [0, 0.05) is 23.2 Å². The largest absolute Gasteiger partial charge is 0.352 e. The number of nitrogens with one attached hydrogen (secondary N) is 1. The van der Waals surface area contributed by atoms with E-state index in [2.05, 4.69) is 10.2 Å². The minimum atomic E-state index is -0.00596. The van der Waals surface area contributed by atoms with Gasteiger partial charge in [-0.15, -0.1) is 0 Å². The molecule has 0 aromatic heterocycles. The average molecular weight is 335 g/mol. The number of hydrogen-bond donors (Lipinski definition) is 1. The summed E-state index contributed by atoms with van der Waals surface area (Å²) in [5.74, 6) is 0.618. The molecule has 126 valence electrons. The fourth-order valence-corrected chi connectivity index (χ4v) is 4.07. The molecule has 1 amide bonds. The molecule has 4 heteroatoms. The third kappa shape index (κ3) is 4.27. The van der Waals surface area contributed by atoms with E-state index in [4.69, 9.17) is 11.6 Å². The summed E-state index contributed by atoms with van der Waals surface area (Å²) in [7, 11) is 0. The van der Waals surface area contributed by atoms with Crippen LogP contribution in [0, 0.1) is 12.8 Å². The molecule has 1 N–H and O–H groups in total. The number of halogens is 1. The Morgan fingerprint density at radius 1 is 1.22 bits per heavy atom. The maximum atomic E-state index is 12.2. The van der Waals surface area contributed by atoms with Gasteiger partial charge in [0.25, 0.3) is 5.91 Å². The Labute approximate surface area is 144 Å². The van der Waals surface area contributed by atoms with Crippen molar-refractivity contribution in [2.45, 2.75) is 51.5 Å². The zero-order chi connectivity index (χ0) is 16.2. The second-order valence-corrected chi connectivity index (χ2v) is 7.50. The summed E-state index contributed by atoms with van der Waals surface area (Å²) in [6.07, 6.45) is 7.78. The molecule has 1 aromatic carbocycles. The Balaban J connectivity index is 1.44. The van der Waals surface area contributed by atoms with Crippen LogP contribution in [0.5, 0.6) is 0 Å². The average Bonchev–Trinajstić information content (AvgIpc) is 3.10. The van der Waals surface area contributed by atoms with Gasteiger partial charge in [0.15, 0.2) is 0 Å². The van der Waals surface area contributed by atoms with Gasteiger partial charge in [-0.1, -0.05) is 17.7 Å². The molecule has 3 rings (SSSR count). The van der Waals surface area contributed by atoms with E-state index in [1.165, 1.54) is 51.6 Å². The molecule has 0 atom stereocenters. The summed E-state index contributed by atoms with van der Waals surface area (Å²) >= 11 is 6.10. The van der Waals surface area contributed by atoms with Crippen molar-refractivity contribution in [3.8, 4) is 0 Å². The summed E-state index contributed by atoms with van der Waals surface area (Å²) in [4.78, 5) is 14.9. The number of benzene rings is 1. The maximum Gasteiger partial charge on any atom is 0.251 e. The van der Waals surface area contributed by atoms with Gasteiger partial charge in [-0.05, 0) is 82.2 Å². The first-order valence-electron chi connectivity index (χ1n) is 8.92. The van der Waals surface area contributed by atoms with Gasteiger partial charge in [0.05, 0.1) is 0 Å². The van der Waals surface area contributed by atoms with Gasteiger partial charge in [-0.25, -0.2) is 0 Å². The van der Waals surface area contributed by atoms with Crippen LogP contribution in [0.4, 0.5) is 0 Å². The highest BCUT2D eigenvalue weighted by atomic mass is 35.5. The second-order valence-electron chi connectivity index (χ2n) is 7.09.